The van der Waals surface area contributed by atoms with Crippen LogP contribution in [0.25, 0.3) is 11.3 Å². The average molecular weight is 544 g/mol. The third-order valence-electron chi connectivity index (χ3n) is 4.86. The van der Waals surface area contributed by atoms with E-state index in [0.29, 0.717) is 35.1 Å². The highest BCUT2D eigenvalue weighted by Crippen LogP contribution is 2.41. The summed E-state index contributed by atoms with van der Waals surface area (Å²) in [6.45, 7) is 1.29. The second-order valence-electron chi connectivity index (χ2n) is 6.89. The SMILES string of the molecule is NCC(Cc1ccc(F)c(F)c1)NC(=O)c1cc2c(s1)OCCn1ncc(CI)c1-2. The molecule has 158 valence electrons. The molecule has 0 saturated heterocycles. The lowest BCUT2D eigenvalue weighted by Crippen LogP contribution is -2.41. The molecular formula is C20H19F2IN4O2S. The number of amides is 1. The number of rotatable bonds is 6. The van der Waals surface area contributed by atoms with Crippen molar-refractivity contribution < 1.29 is 18.3 Å². The van der Waals surface area contributed by atoms with Crippen molar-refractivity contribution in [2.45, 2.75) is 23.4 Å². The maximum absolute atomic E-state index is 13.5. The fourth-order valence-corrected chi connectivity index (χ4v) is 4.88. The number of hydrogen-bond donors (Lipinski definition) is 2. The number of hydrogen-bond acceptors (Lipinski definition) is 5. The number of ether oxygens (including phenoxy) is 1. The van der Waals surface area contributed by atoms with Crippen LogP contribution in [0.2, 0.25) is 0 Å². The van der Waals surface area contributed by atoms with Gasteiger partial charge in [0.2, 0.25) is 0 Å². The fourth-order valence-electron chi connectivity index (χ4n) is 3.39. The molecule has 10 heteroatoms. The van der Waals surface area contributed by atoms with E-state index in [1.54, 1.807) is 0 Å². The molecule has 1 amide bonds. The summed E-state index contributed by atoms with van der Waals surface area (Å²) in [5.41, 5.74) is 9.29. The van der Waals surface area contributed by atoms with Crippen LogP contribution in [-0.4, -0.2) is 34.9 Å². The molecule has 3 N–H and O–H groups in total. The van der Waals surface area contributed by atoms with Crippen LogP contribution in [-0.2, 0) is 17.4 Å². The monoisotopic (exact) mass is 544 g/mol. The van der Waals surface area contributed by atoms with Crippen molar-refractivity contribution in [3.05, 3.63) is 58.1 Å². The largest absolute Gasteiger partial charge is 0.481 e. The van der Waals surface area contributed by atoms with E-state index in [0.717, 1.165) is 33.4 Å². The van der Waals surface area contributed by atoms with Crippen molar-refractivity contribution in [1.82, 2.24) is 15.1 Å². The first-order valence-corrected chi connectivity index (χ1v) is 11.7. The Bertz CT molecular complexity index is 1080. The maximum Gasteiger partial charge on any atom is 0.261 e. The number of benzene rings is 1. The number of aromatic nitrogens is 2. The van der Waals surface area contributed by atoms with Crippen LogP contribution < -0.4 is 15.8 Å². The molecule has 1 aliphatic rings. The number of halogens is 3. The van der Waals surface area contributed by atoms with Crippen LogP contribution in [0, 0.1) is 11.6 Å². The van der Waals surface area contributed by atoms with Gasteiger partial charge in [-0.1, -0.05) is 40.0 Å². The molecule has 30 heavy (non-hydrogen) atoms. The molecule has 1 unspecified atom stereocenters. The molecule has 0 radical (unpaired) electrons. The third-order valence-corrected chi connectivity index (χ3v) is 6.73. The molecule has 3 aromatic rings. The van der Waals surface area contributed by atoms with Gasteiger partial charge in [-0.05, 0) is 30.2 Å². The zero-order valence-electron chi connectivity index (χ0n) is 15.8. The van der Waals surface area contributed by atoms with E-state index in [4.69, 9.17) is 10.5 Å². The summed E-state index contributed by atoms with van der Waals surface area (Å²) >= 11 is 3.57. The minimum atomic E-state index is -0.920. The lowest BCUT2D eigenvalue weighted by atomic mass is 10.1. The van der Waals surface area contributed by atoms with Crippen molar-refractivity contribution in [2.75, 3.05) is 13.2 Å². The summed E-state index contributed by atoms with van der Waals surface area (Å²) in [7, 11) is 0. The zero-order chi connectivity index (χ0) is 21.3. The molecule has 2 aromatic heterocycles. The third kappa shape index (κ3) is 4.21. The van der Waals surface area contributed by atoms with Crippen molar-refractivity contribution in [1.29, 1.82) is 0 Å². The number of alkyl halides is 1. The Hall–Kier alpha value is -2.05. The minimum Gasteiger partial charge on any atom is -0.481 e. The van der Waals surface area contributed by atoms with Gasteiger partial charge in [-0.15, -0.1) is 0 Å². The van der Waals surface area contributed by atoms with E-state index >= 15 is 0 Å². The zero-order valence-corrected chi connectivity index (χ0v) is 18.8. The van der Waals surface area contributed by atoms with Gasteiger partial charge < -0.3 is 15.8 Å². The van der Waals surface area contributed by atoms with E-state index in [2.05, 4.69) is 33.0 Å². The Morgan fingerprint density at radius 1 is 1.37 bits per heavy atom. The Morgan fingerprint density at radius 2 is 2.20 bits per heavy atom. The quantitative estimate of drug-likeness (QED) is 0.368. The topological polar surface area (TPSA) is 82.2 Å². The Balaban J connectivity index is 1.54. The minimum absolute atomic E-state index is 0.165. The molecular weight excluding hydrogens is 525 g/mol. The van der Waals surface area contributed by atoms with Crippen molar-refractivity contribution in [3.8, 4) is 16.3 Å². The molecule has 1 aliphatic heterocycles. The summed E-state index contributed by atoms with van der Waals surface area (Å²) < 4.78 is 35.2. The van der Waals surface area contributed by atoms with Crippen molar-refractivity contribution >= 4 is 39.8 Å². The predicted octanol–water partition coefficient (Wildman–Crippen LogP) is 3.52. The molecule has 1 atom stereocenters. The van der Waals surface area contributed by atoms with Gasteiger partial charge >= 0.3 is 0 Å². The average Bonchev–Trinajstić information content (AvgIpc) is 3.30. The highest BCUT2D eigenvalue weighted by Gasteiger charge is 2.25. The van der Waals surface area contributed by atoms with E-state index in [9.17, 15) is 13.6 Å². The number of nitrogens with one attached hydrogen (secondary N) is 1. The smallest absolute Gasteiger partial charge is 0.261 e. The molecule has 0 saturated carbocycles. The Kier molecular flexibility index (Phi) is 6.34. The molecule has 6 nitrogen and oxygen atoms in total. The van der Waals surface area contributed by atoms with E-state index < -0.39 is 17.7 Å². The van der Waals surface area contributed by atoms with E-state index in [1.165, 1.54) is 17.4 Å². The van der Waals surface area contributed by atoms with Crippen LogP contribution in [0.15, 0.2) is 30.5 Å². The van der Waals surface area contributed by atoms with Gasteiger partial charge in [0.15, 0.2) is 16.7 Å². The number of nitrogens with zero attached hydrogens (tertiary/aromatic N) is 2. The normalized spacial score (nSPS) is 13.7. The molecule has 0 spiro atoms. The molecule has 3 heterocycles. The van der Waals surface area contributed by atoms with Crippen LogP contribution in [0.3, 0.4) is 0 Å². The van der Waals surface area contributed by atoms with Gasteiger partial charge in [0.25, 0.3) is 5.91 Å². The standard InChI is InChI=1S/C20H19F2IN4O2S/c21-15-2-1-11(6-16(15)22)5-13(9-24)26-19(28)17-7-14-18-12(8-23)10-25-27(18)3-4-29-20(14)30-17/h1-2,6-7,10,13H,3-5,8-9,24H2,(H,26,28). The summed E-state index contributed by atoms with van der Waals surface area (Å²) in [4.78, 5) is 13.4. The summed E-state index contributed by atoms with van der Waals surface area (Å²) in [6.07, 6.45) is 2.15. The number of thiophene rings is 1. The van der Waals surface area contributed by atoms with Gasteiger partial charge in [-0.2, -0.15) is 5.10 Å². The molecule has 0 bridgehead atoms. The van der Waals surface area contributed by atoms with E-state index in [1.807, 2.05) is 16.9 Å². The fraction of sp³-hybridized carbons (Fsp3) is 0.300. The van der Waals surface area contributed by atoms with Crippen molar-refractivity contribution in [2.24, 2.45) is 5.73 Å². The van der Waals surface area contributed by atoms with Crippen LogP contribution in [0.1, 0.15) is 20.8 Å². The predicted molar refractivity (Wildman–Crippen MR) is 119 cm³/mol. The summed E-state index contributed by atoms with van der Waals surface area (Å²) in [5.74, 6) is -2.11. The Labute approximate surface area is 189 Å². The lowest BCUT2D eigenvalue weighted by Gasteiger charge is -2.16. The van der Waals surface area contributed by atoms with Crippen LogP contribution in [0.5, 0.6) is 5.06 Å². The van der Waals surface area contributed by atoms with Crippen molar-refractivity contribution in [3.63, 3.8) is 0 Å². The summed E-state index contributed by atoms with van der Waals surface area (Å²) in [5, 5.41) is 8.00. The van der Waals surface area contributed by atoms with Gasteiger partial charge in [-0.25, -0.2) is 8.78 Å². The number of carbonyl (C=O) groups is 1. The molecule has 0 fully saturated rings. The number of carbonyl (C=O) groups excluding carboxylic acids is 1. The molecule has 4 rings (SSSR count). The first kappa shape index (κ1) is 21.2. The molecule has 0 aliphatic carbocycles. The second kappa shape index (κ2) is 8.98. The van der Waals surface area contributed by atoms with Crippen LogP contribution in [0.4, 0.5) is 8.78 Å². The van der Waals surface area contributed by atoms with Gasteiger partial charge in [0.1, 0.15) is 6.61 Å². The highest BCUT2D eigenvalue weighted by atomic mass is 127. The first-order valence-electron chi connectivity index (χ1n) is 9.32. The van der Waals surface area contributed by atoms with Gasteiger partial charge in [-0.3, -0.25) is 9.48 Å². The second-order valence-corrected chi connectivity index (χ2v) is 8.67. The highest BCUT2D eigenvalue weighted by molar-refractivity contribution is 14.1. The van der Waals surface area contributed by atoms with E-state index in [-0.39, 0.29) is 12.5 Å². The first-order chi connectivity index (χ1) is 14.5. The van der Waals surface area contributed by atoms with Gasteiger partial charge in [0.05, 0.1) is 28.9 Å². The summed E-state index contributed by atoms with van der Waals surface area (Å²) in [6, 6.07) is 5.08. The lowest BCUT2D eigenvalue weighted by molar-refractivity contribution is 0.0942. The van der Waals surface area contributed by atoms with Gasteiger partial charge in [0, 0.05) is 22.6 Å². The Morgan fingerprint density at radius 3 is 2.93 bits per heavy atom. The molecule has 1 aromatic carbocycles. The number of nitrogens with two attached hydrogens (primary N) is 1. The van der Waals surface area contributed by atoms with Crippen LogP contribution >= 0.6 is 33.9 Å². The number of fused-ring (bicyclic) bond motifs is 3. The maximum atomic E-state index is 13.5.